The zero-order valence-corrected chi connectivity index (χ0v) is 47.5. The zero-order valence-electron chi connectivity index (χ0n) is 47.5. The number of carbonyl (C=O) groups is 3. The van der Waals surface area contributed by atoms with E-state index in [1.165, 1.54) is 244 Å². The maximum atomic E-state index is 12.9. The van der Waals surface area contributed by atoms with Crippen molar-refractivity contribution in [3.8, 4) is 0 Å². The molecule has 0 aromatic heterocycles. The van der Waals surface area contributed by atoms with Gasteiger partial charge in [0.2, 0.25) is 0 Å². The van der Waals surface area contributed by atoms with Crippen molar-refractivity contribution in [3.63, 3.8) is 0 Å². The summed E-state index contributed by atoms with van der Waals surface area (Å²) in [5, 5.41) is 0. The highest BCUT2D eigenvalue weighted by Crippen LogP contribution is 2.19. The monoisotopic (exact) mass is 975 g/mol. The summed E-state index contributed by atoms with van der Waals surface area (Å²) < 4.78 is 16.9. The molecule has 0 fully saturated rings. The Morgan fingerprint density at radius 1 is 0.275 bits per heavy atom. The Labute approximate surface area is 431 Å². The molecule has 0 spiro atoms. The maximum absolute atomic E-state index is 12.9. The van der Waals surface area contributed by atoms with Gasteiger partial charge in [-0.25, -0.2) is 0 Å². The van der Waals surface area contributed by atoms with Gasteiger partial charge in [-0.3, -0.25) is 14.4 Å². The summed E-state index contributed by atoms with van der Waals surface area (Å²) in [5.41, 5.74) is 0. The molecule has 0 rings (SSSR count). The van der Waals surface area contributed by atoms with Crippen molar-refractivity contribution in [2.75, 3.05) is 13.2 Å². The van der Waals surface area contributed by atoms with Crippen molar-refractivity contribution in [3.05, 3.63) is 0 Å². The van der Waals surface area contributed by atoms with Gasteiger partial charge in [-0.05, 0) is 31.1 Å². The predicted molar refractivity (Wildman–Crippen MR) is 298 cm³/mol. The highest BCUT2D eigenvalue weighted by atomic mass is 16.6. The minimum atomic E-state index is -0.763. The Kier molecular flexibility index (Phi) is 54.4. The molecule has 0 N–H and O–H groups in total. The van der Waals surface area contributed by atoms with Gasteiger partial charge in [-0.2, -0.15) is 0 Å². The molecule has 6 heteroatoms. The van der Waals surface area contributed by atoms with Crippen LogP contribution in [0, 0.1) is 11.8 Å². The van der Waals surface area contributed by atoms with Gasteiger partial charge in [0.1, 0.15) is 13.2 Å². The molecule has 0 bridgehead atoms. The van der Waals surface area contributed by atoms with E-state index >= 15 is 0 Å². The fraction of sp³-hybridized carbons (Fsp3) is 0.952. The first-order valence-corrected chi connectivity index (χ1v) is 31.2. The van der Waals surface area contributed by atoms with Gasteiger partial charge in [0.25, 0.3) is 0 Å². The molecule has 0 radical (unpaired) electrons. The van der Waals surface area contributed by atoms with Crippen molar-refractivity contribution in [2.45, 2.75) is 362 Å². The molecular formula is C63H122O6. The highest BCUT2D eigenvalue weighted by molar-refractivity contribution is 5.71. The second-order valence-electron chi connectivity index (χ2n) is 22.6. The smallest absolute Gasteiger partial charge is 0.306 e. The number of rotatable bonds is 57. The molecule has 6 nitrogen and oxygen atoms in total. The lowest BCUT2D eigenvalue weighted by Gasteiger charge is -2.18. The Bertz CT molecular complexity index is 1060. The van der Waals surface area contributed by atoms with Crippen LogP contribution in [0.1, 0.15) is 356 Å². The molecule has 1 atom stereocenters. The van der Waals surface area contributed by atoms with Crippen LogP contribution in [0.15, 0.2) is 0 Å². The van der Waals surface area contributed by atoms with Gasteiger partial charge in [-0.15, -0.1) is 0 Å². The number of carbonyl (C=O) groups excluding carboxylic acids is 3. The number of hydrogen-bond acceptors (Lipinski definition) is 6. The molecule has 0 saturated carbocycles. The Hall–Kier alpha value is -1.59. The molecule has 0 aliphatic rings. The van der Waals surface area contributed by atoms with Crippen molar-refractivity contribution in [1.29, 1.82) is 0 Å². The third-order valence-corrected chi connectivity index (χ3v) is 14.5. The molecule has 69 heavy (non-hydrogen) atoms. The van der Waals surface area contributed by atoms with Crippen LogP contribution in [0.4, 0.5) is 0 Å². The predicted octanol–water partition coefficient (Wildman–Crippen LogP) is 20.8. The summed E-state index contributed by atoms with van der Waals surface area (Å²) in [6.45, 7) is 11.5. The molecular weight excluding hydrogens is 853 g/mol. The van der Waals surface area contributed by atoms with E-state index in [0.29, 0.717) is 19.3 Å². The van der Waals surface area contributed by atoms with Gasteiger partial charge < -0.3 is 14.2 Å². The average Bonchev–Trinajstić information content (AvgIpc) is 3.32. The standard InChI is InChI=1S/C63H122O6/c1-6-7-8-9-10-11-12-13-14-17-23-28-33-38-43-48-53-61(64)67-56-60(57-68-62(65)54-49-44-39-34-29-24-20-19-22-27-32-37-42-47-52-59(4)5)69-63(66)55-50-45-40-35-30-25-18-15-16-21-26-31-36-41-46-51-58(2)3/h58-60H,6-57H2,1-5H3/t60-/m1/s1. The molecule has 0 amide bonds. The summed E-state index contributed by atoms with van der Waals surface area (Å²) in [5.74, 6) is 0.860. The van der Waals surface area contributed by atoms with E-state index in [9.17, 15) is 14.4 Å². The van der Waals surface area contributed by atoms with Gasteiger partial charge in [0.05, 0.1) is 0 Å². The first kappa shape index (κ1) is 67.4. The topological polar surface area (TPSA) is 78.9 Å². The Balaban J connectivity index is 4.29. The first-order valence-electron chi connectivity index (χ1n) is 31.2. The largest absolute Gasteiger partial charge is 0.462 e. The second kappa shape index (κ2) is 55.7. The number of ether oxygens (including phenoxy) is 3. The van der Waals surface area contributed by atoms with Crippen molar-refractivity contribution in [1.82, 2.24) is 0 Å². The zero-order chi connectivity index (χ0) is 50.4. The Morgan fingerprint density at radius 3 is 0.710 bits per heavy atom. The number of esters is 3. The number of hydrogen-bond donors (Lipinski definition) is 0. The summed E-state index contributed by atoms with van der Waals surface area (Å²) in [6, 6.07) is 0. The van der Waals surface area contributed by atoms with Gasteiger partial charge in [0.15, 0.2) is 6.10 Å². The normalized spacial score (nSPS) is 12.0. The fourth-order valence-corrected chi connectivity index (χ4v) is 9.76. The molecule has 0 saturated heterocycles. The summed E-state index contributed by atoms with van der Waals surface area (Å²) in [6.07, 6.45) is 61.0. The quantitative estimate of drug-likeness (QED) is 0.0343. The van der Waals surface area contributed by atoms with E-state index in [0.717, 1.165) is 69.6 Å². The molecule has 0 aliphatic heterocycles. The molecule has 0 aromatic rings. The third kappa shape index (κ3) is 57.2. The first-order chi connectivity index (χ1) is 33.7. The SMILES string of the molecule is CCCCCCCCCCCCCCCCCCC(=O)OC[C@H](COC(=O)CCCCCCCCCCCCCCCCC(C)C)OC(=O)CCCCCCCCCCCCCCCCCC(C)C. The second-order valence-corrected chi connectivity index (χ2v) is 22.6. The lowest BCUT2D eigenvalue weighted by atomic mass is 10.0. The molecule has 0 unspecified atom stereocenters. The lowest BCUT2D eigenvalue weighted by Crippen LogP contribution is -2.30. The van der Waals surface area contributed by atoms with Crippen LogP contribution >= 0.6 is 0 Å². The van der Waals surface area contributed by atoms with Crippen molar-refractivity contribution >= 4 is 17.9 Å². The van der Waals surface area contributed by atoms with E-state index < -0.39 is 6.10 Å². The van der Waals surface area contributed by atoms with Gasteiger partial charge in [-0.1, -0.05) is 317 Å². The van der Waals surface area contributed by atoms with E-state index in [1.807, 2.05) is 0 Å². The van der Waals surface area contributed by atoms with Crippen molar-refractivity contribution < 1.29 is 28.6 Å². The minimum absolute atomic E-state index is 0.0619. The van der Waals surface area contributed by atoms with Crippen LogP contribution in [0.5, 0.6) is 0 Å². The summed E-state index contributed by atoms with van der Waals surface area (Å²) in [4.78, 5) is 38.3. The van der Waals surface area contributed by atoms with Crippen LogP contribution in [0.25, 0.3) is 0 Å². The van der Waals surface area contributed by atoms with Gasteiger partial charge >= 0.3 is 17.9 Å². The molecule has 0 heterocycles. The maximum Gasteiger partial charge on any atom is 0.306 e. The summed E-state index contributed by atoms with van der Waals surface area (Å²) >= 11 is 0. The molecule has 0 aliphatic carbocycles. The van der Waals surface area contributed by atoms with E-state index in [4.69, 9.17) is 14.2 Å². The number of unbranched alkanes of at least 4 members (excludes halogenated alkanes) is 42. The van der Waals surface area contributed by atoms with Crippen LogP contribution in [0.3, 0.4) is 0 Å². The lowest BCUT2D eigenvalue weighted by molar-refractivity contribution is -0.167. The van der Waals surface area contributed by atoms with Crippen LogP contribution in [-0.2, 0) is 28.6 Å². The molecule has 0 aromatic carbocycles. The van der Waals surface area contributed by atoms with Crippen LogP contribution in [0.2, 0.25) is 0 Å². The third-order valence-electron chi connectivity index (χ3n) is 14.5. The Morgan fingerprint density at radius 2 is 0.478 bits per heavy atom. The van der Waals surface area contributed by atoms with Crippen molar-refractivity contribution in [2.24, 2.45) is 11.8 Å². The fourth-order valence-electron chi connectivity index (χ4n) is 9.76. The molecule has 410 valence electrons. The van der Waals surface area contributed by atoms with E-state index in [2.05, 4.69) is 34.6 Å². The average molecular weight is 976 g/mol. The van der Waals surface area contributed by atoms with Crippen LogP contribution < -0.4 is 0 Å². The minimum Gasteiger partial charge on any atom is -0.462 e. The van der Waals surface area contributed by atoms with E-state index in [1.54, 1.807) is 0 Å². The van der Waals surface area contributed by atoms with Gasteiger partial charge in [0, 0.05) is 19.3 Å². The van der Waals surface area contributed by atoms with Crippen LogP contribution in [-0.4, -0.2) is 37.2 Å². The van der Waals surface area contributed by atoms with E-state index in [-0.39, 0.29) is 31.1 Å². The summed E-state index contributed by atoms with van der Waals surface area (Å²) in [7, 11) is 0. The highest BCUT2D eigenvalue weighted by Gasteiger charge is 2.19.